The van der Waals surface area contributed by atoms with E-state index in [9.17, 15) is 4.79 Å². The number of piperidine rings is 1. The topological polar surface area (TPSA) is 89.1 Å². The van der Waals surface area contributed by atoms with Crippen LogP contribution in [0.4, 0.5) is 11.4 Å². The smallest absolute Gasteiger partial charge is 0.258 e. The molecule has 1 aliphatic heterocycles. The van der Waals surface area contributed by atoms with Gasteiger partial charge in [-0.2, -0.15) is 5.10 Å². The molecule has 1 saturated heterocycles. The van der Waals surface area contributed by atoms with Crippen molar-refractivity contribution in [1.29, 1.82) is 0 Å². The summed E-state index contributed by atoms with van der Waals surface area (Å²) in [6, 6.07) is 6.71. The molecule has 1 aromatic carbocycles. The number of benzene rings is 1. The number of aromatic nitrogens is 3. The maximum Gasteiger partial charge on any atom is 0.258 e. The quantitative estimate of drug-likeness (QED) is 0.697. The lowest BCUT2D eigenvalue weighted by atomic mass is 9.98. The van der Waals surface area contributed by atoms with Crippen molar-refractivity contribution in [2.75, 3.05) is 23.3 Å². The van der Waals surface area contributed by atoms with Crippen molar-refractivity contribution < 1.29 is 4.79 Å². The molecule has 0 atom stereocenters. The van der Waals surface area contributed by atoms with Crippen LogP contribution in [0.15, 0.2) is 43.0 Å². The van der Waals surface area contributed by atoms with Gasteiger partial charge < -0.3 is 16.0 Å². The normalized spacial score (nSPS) is 14.7. The molecule has 0 spiro atoms. The second-order valence-electron chi connectivity index (χ2n) is 8.14. The first-order valence-corrected chi connectivity index (χ1v) is 10.3. The van der Waals surface area contributed by atoms with Gasteiger partial charge in [-0.15, -0.1) is 0 Å². The van der Waals surface area contributed by atoms with E-state index in [1.807, 2.05) is 6.20 Å². The Morgan fingerprint density at radius 3 is 2.43 bits per heavy atom. The predicted molar refractivity (Wildman–Crippen MR) is 120 cm³/mol. The molecule has 2 aromatic heterocycles. The number of nitrogens with one attached hydrogen (secondary N) is 1. The molecule has 156 valence electrons. The summed E-state index contributed by atoms with van der Waals surface area (Å²) in [5, 5.41) is 7.16. The summed E-state index contributed by atoms with van der Waals surface area (Å²) >= 11 is 0. The van der Waals surface area contributed by atoms with Crippen LogP contribution in [0.2, 0.25) is 0 Å². The van der Waals surface area contributed by atoms with Crippen LogP contribution in [0.3, 0.4) is 0 Å². The summed E-state index contributed by atoms with van der Waals surface area (Å²) in [6.07, 6.45) is 8.73. The van der Waals surface area contributed by atoms with Gasteiger partial charge in [0.15, 0.2) is 0 Å². The van der Waals surface area contributed by atoms with Crippen molar-refractivity contribution in [3.8, 4) is 11.1 Å². The first-order chi connectivity index (χ1) is 14.4. The minimum atomic E-state index is -0.197. The van der Waals surface area contributed by atoms with E-state index in [0.717, 1.165) is 42.7 Å². The number of rotatable bonds is 4. The number of carbonyl (C=O) groups is 1. The third kappa shape index (κ3) is 4.21. The SMILES string of the molecule is Cc1cc(C)cc(-c2cncc(NC(=O)c3cnn(C)c3)c2N2CCC(N)CC2)c1. The second kappa shape index (κ2) is 8.28. The minimum absolute atomic E-state index is 0.197. The summed E-state index contributed by atoms with van der Waals surface area (Å²) in [4.78, 5) is 19.6. The van der Waals surface area contributed by atoms with Crippen molar-refractivity contribution in [3.63, 3.8) is 0 Å². The first-order valence-electron chi connectivity index (χ1n) is 10.3. The largest absolute Gasteiger partial charge is 0.369 e. The van der Waals surface area contributed by atoms with Gasteiger partial charge in [-0.3, -0.25) is 14.5 Å². The molecule has 0 saturated carbocycles. The number of anilines is 2. The molecule has 0 unspecified atom stereocenters. The Labute approximate surface area is 176 Å². The van der Waals surface area contributed by atoms with E-state index in [-0.39, 0.29) is 11.9 Å². The number of carbonyl (C=O) groups excluding carboxylic acids is 1. The van der Waals surface area contributed by atoms with Gasteiger partial charge in [0.25, 0.3) is 5.91 Å². The second-order valence-corrected chi connectivity index (χ2v) is 8.14. The molecule has 3 N–H and O–H groups in total. The zero-order chi connectivity index (χ0) is 21.3. The molecule has 1 aliphatic rings. The molecule has 0 radical (unpaired) electrons. The van der Waals surface area contributed by atoms with E-state index in [2.05, 4.69) is 52.3 Å². The van der Waals surface area contributed by atoms with Crippen molar-refractivity contribution in [3.05, 3.63) is 59.7 Å². The van der Waals surface area contributed by atoms with Crippen LogP contribution in [0.5, 0.6) is 0 Å². The number of aryl methyl sites for hydroxylation is 3. The average Bonchev–Trinajstić information content (AvgIpc) is 3.14. The van der Waals surface area contributed by atoms with Crippen LogP contribution in [-0.2, 0) is 7.05 Å². The van der Waals surface area contributed by atoms with Crippen LogP contribution in [0.1, 0.15) is 34.3 Å². The Bertz CT molecular complexity index is 1050. The van der Waals surface area contributed by atoms with Gasteiger partial charge in [-0.25, -0.2) is 0 Å². The predicted octanol–water partition coefficient (Wildman–Crippen LogP) is 3.28. The molecule has 4 rings (SSSR count). The Morgan fingerprint density at radius 1 is 1.10 bits per heavy atom. The molecule has 3 heterocycles. The van der Waals surface area contributed by atoms with Crippen LogP contribution < -0.4 is 16.0 Å². The maximum absolute atomic E-state index is 12.8. The lowest BCUT2D eigenvalue weighted by molar-refractivity contribution is 0.102. The van der Waals surface area contributed by atoms with Gasteiger partial charge in [-0.1, -0.05) is 29.3 Å². The Kier molecular flexibility index (Phi) is 5.55. The number of hydrogen-bond donors (Lipinski definition) is 2. The fourth-order valence-electron chi connectivity index (χ4n) is 4.08. The molecular weight excluding hydrogens is 376 g/mol. The molecule has 1 fully saturated rings. The molecule has 7 nitrogen and oxygen atoms in total. The highest BCUT2D eigenvalue weighted by atomic mass is 16.1. The zero-order valence-electron chi connectivity index (χ0n) is 17.7. The van der Waals surface area contributed by atoms with E-state index in [1.165, 1.54) is 11.1 Å². The lowest BCUT2D eigenvalue weighted by Crippen LogP contribution is -2.40. The summed E-state index contributed by atoms with van der Waals surface area (Å²) < 4.78 is 1.62. The zero-order valence-corrected chi connectivity index (χ0v) is 17.7. The maximum atomic E-state index is 12.8. The van der Waals surface area contributed by atoms with Crippen molar-refractivity contribution >= 4 is 17.3 Å². The third-order valence-corrected chi connectivity index (χ3v) is 5.52. The first kappa shape index (κ1) is 20.1. The van der Waals surface area contributed by atoms with Gasteiger partial charge in [0, 0.05) is 44.1 Å². The highest BCUT2D eigenvalue weighted by Crippen LogP contribution is 2.38. The number of nitrogens with zero attached hydrogens (tertiary/aromatic N) is 4. The third-order valence-electron chi connectivity index (χ3n) is 5.52. The molecule has 1 amide bonds. The minimum Gasteiger partial charge on any atom is -0.369 e. The Morgan fingerprint density at radius 2 is 1.80 bits per heavy atom. The van der Waals surface area contributed by atoms with Crippen LogP contribution in [0, 0.1) is 13.8 Å². The molecule has 0 aliphatic carbocycles. The molecular formula is C23H28N6O. The van der Waals surface area contributed by atoms with Crippen LogP contribution in [0.25, 0.3) is 11.1 Å². The highest BCUT2D eigenvalue weighted by molar-refractivity contribution is 6.06. The fourth-order valence-corrected chi connectivity index (χ4v) is 4.08. The van der Waals surface area contributed by atoms with Crippen molar-refractivity contribution in [2.45, 2.75) is 32.7 Å². The van der Waals surface area contributed by atoms with Gasteiger partial charge in [0.05, 0.1) is 29.3 Å². The molecule has 7 heteroatoms. The van der Waals surface area contributed by atoms with Gasteiger partial charge in [-0.05, 0) is 32.3 Å². The number of amides is 1. The van der Waals surface area contributed by atoms with Crippen LogP contribution >= 0.6 is 0 Å². The average molecular weight is 405 g/mol. The summed E-state index contributed by atoms with van der Waals surface area (Å²) in [6.45, 7) is 5.88. The Balaban J connectivity index is 1.78. The van der Waals surface area contributed by atoms with E-state index >= 15 is 0 Å². The van der Waals surface area contributed by atoms with Gasteiger partial charge >= 0.3 is 0 Å². The summed E-state index contributed by atoms with van der Waals surface area (Å²) in [5.74, 6) is -0.197. The molecule has 3 aromatic rings. The highest BCUT2D eigenvalue weighted by Gasteiger charge is 2.24. The summed E-state index contributed by atoms with van der Waals surface area (Å²) in [7, 11) is 1.79. The number of hydrogen-bond acceptors (Lipinski definition) is 5. The fraction of sp³-hybridized carbons (Fsp3) is 0.348. The van der Waals surface area contributed by atoms with Gasteiger partial charge in [0.2, 0.25) is 0 Å². The number of pyridine rings is 1. The molecule has 30 heavy (non-hydrogen) atoms. The van der Waals surface area contributed by atoms with E-state index in [1.54, 1.807) is 30.3 Å². The van der Waals surface area contributed by atoms with Crippen molar-refractivity contribution in [2.24, 2.45) is 12.8 Å². The Hall–Kier alpha value is -3.19. The summed E-state index contributed by atoms with van der Waals surface area (Å²) in [5.41, 5.74) is 12.9. The van der Waals surface area contributed by atoms with Crippen LogP contribution in [-0.4, -0.2) is 39.8 Å². The standard InChI is InChI=1S/C23H28N6O/c1-15-8-16(2)10-17(9-15)20-12-25-13-21(22(20)29-6-4-19(24)5-7-29)27-23(30)18-11-26-28(3)14-18/h8-14,19H,4-7,24H2,1-3H3,(H,27,30). The lowest BCUT2D eigenvalue weighted by Gasteiger charge is -2.34. The van der Waals surface area contributed by atoms with E-state index < -0.39 is 0 Å². The van der Waals surface area contributed by atoms with Crippen molar-refractivity contribution in [1.82, 2.24) is 14.8 Å². The van der Waals surface area contributed by atoms with E-state index in [4.69, 9.17) is 5.73 Å². The monoisotopic (exact) mass is 404 g/mol. The molecule has 0 bridgehead atoms. The number of nitrogens with two attached hydrogens (primary N) is 1. The van der Waals surface area contributed by atoms with E-state index in [0.29, 0.717) is 11.3 Å². The van der Waals surface area contributed by atoms with Gasteiger partial charge in [0.1, 0.15) is 0 Å².